The van der Waals surface area contributed by atoms with Crippen LogP contribution in [-0.2, 0) is 4.79 Å². The number of nitrogens with one attached hydrogen (secondary N) is 2. The van der Waals surface area contributed by atoms with Gasteiger partial charge in [-0.25, -0.2) is 0 Å². The van der Waals surface area contributed by atoms with Gasteiger partial charge in [-0.3, -0.25) is 10.1 Å². The number of carbonyl (C=O) groups excluding carboxylic acids is 1. The van der Waals surface area contributed by atoms with Gasteiger partial charge in [0.05, 0.1) is 12.1 Å². The van der Waals surface area contributed by atoms with Gasteiger partial charge in [0.15, 0.2) is 0 Å². The molecule has 3 heteroatoms. The van der Waals surface area contributed by atoms with E-state index in [4.69, 9.17) is 0 Å². The lowest BCUT2D eigenvalue weighted by atomic mass is 9.88. The maximum atomic E-state index is 12.8. The molecule has 3 aromatic rings. The van der Waals surface area contributed by atoms with Crippen LogP contribution in [0.5, 0.6) is 0 Å². The lowest BCUT2D eigenvalue weighted by Gasteiger charge is -2.38. The normalized spacial score (nSPS) is 23.0. The maximum absolute atomic E-state index is 12.8. The maximum Gasteiger partial charge on any atom is 0.242 e. The molecule has 3 aromatic carbocycles. The summed E-state index contributed by atoms with van der Waals surface area (Å²) in [5.41, 5.74) is 3.24. The summed E-state index contributed by atoms with van der Waals surface area (Å²) in [4.78, 5) is 12.8. The minimum atomic E-state index is -0.355. The second-order valence-electron chi connectivity index (χ2n) is 6.30. The molecule has 0 spiro atoms. The van der Waals surface area contributed by atoms with E-state index in [0.29, 0.717) is 0 Å². The van der Waals surface area contributed by atoms with Crippen LogP contribution in [0.3, 0.4) is 0 Å². The number of piperazine rings is 1. The highest BCUT2D eigenvalue weighted by atomic mass is 16.2. The highest BCUT2D eigenvalue weighted by molar-refractivity contribution is 5.84. The number of hydrogen-bond acceptors (Lipinski definition) is 2. The predicted octanol–water partition coefficient (Wildman–Crippen LogP) is 3.93. The summed E-state index contributed by atoms with van der Waals surface area (Å²) >= 11 is 0. The van der Waals surface area contributed by atoms with Crippen molar-refractivity contribution in [1.29, 1.82) is 0 Å². The van der Waals surface area contributed by atoms with Crippen LogP contribution in [-0.4, -0.2) is 5.91 Å². The molecule has 4 rings (SSSR count). The molecule has 0 radical (unpaired) electrons. The fourth-order valence-corrected chi connectivity index (χ4v) is 3.45. The third kappa shape index (κ3) is 3.19. The van der Waals surface area contributed by atoms with Crippen LogP contribution in [0.1, 0.15) is 34.8 Å². The van der Waals surface area contributed by atoms with E-state index in [-0.39, 0.29) is 24.0 Å². The van der Waals surface area contributed by atoms with E-state index in [0.717, 1.165) is 16.7 Å². The van der Waals surface area contributed by atoms with Crippen LogP contribution >= 0.6 is 0 Å². The van der Waals surface area contributed by atoms with Gasteiger partial charge in [-0.05, 0) is 16.7 Å². The Morgan fingerprint density at radius 3 is 1.52 bits per heavy atom. The van der Waals surface area contributed by atoms with Crippen molar-refractivity contribution in [3.05, 3.63) is 108 Å². The Hall–Kier alpha value is -2.91. The fourth-order valence-electron chi connectivity index (χ4n) is 3.45. The van der Waals surface area contributed by atoms with Crippen LogP contribution in [0.15, 0.2) is 91.0 Å². The number of hydrogen-bond donors (Lipinski definition) is 2. The van der Waals surface area contributed by atoms with E-state index in [9.17, 15) is 4.79 Å². The van der Waals surface area contributed by atoms with Gasteiger partial charge in [-0.1, -0.05) is 91.0 Å². The summed E-state index contributed by atoms with van der Waals surface area (Å²) < 4.78 is 0. The first-order valence-corrected chi connectivity index (χ1v) is 8.54. The summed E-state index contributed by atoms with van der Waals surface area (Å²) in [5, 5.41) is 6.80. The van der Waals surface area contributed by atoms with E-state index >= 15 is 0 Å². The Kier molecular flexibility index (Phi) is 4.32. The first-order valence-electron chi connectivity index (χ1n) is 8.54. The minimum absolute atomic E-state index is 0.00602. The van der Waals surface area contributed by atoms with E-state index in [1.807, 2.05) is 66.7 Å². The van der Waals surface area contributed by atoms with Crippen molar-refractivity contribution < 1.29 is 4.79 Å². The molecule has 3 nitrogen and oxygen atoms in total. The van der Waals surface area contributed by atoms with Crippen molar-refractivity contribution in [2.75, 3.05) is 0 Å². The average molecular weight is 328 g/mol. The van der Waals surface area contributed by atoms with Crippen molar-refractivity contribution in [2.24, 2.45) is 0 Å². The highest BCUT2D eigenvalue weighted by Crippen LogP contribution is 2.35. The first kappa shape index (κ1) is 15.6. The van der Waals surface area contributed by atoms with Gasteiger partial charge >= 0.3 is 0 Å². The Balaban J connectivity index is 1.72. The van der Waals surface area contributed by atoms with Gasteiger partial charge in [-0.2, -0.15) is 0 Å². The number of amides is 1. The Morgan fingerprint density at radius 2 is 1.00 bits per heavy atom. The first-order chi connectivity index (χ1) is 12.3. The molecule has 1 amide bonds. The third-order valence-corrected chi connectivity index (χ3v) is 4.69. The molecule has 1 heterocycles. The lowest BCUT2D eigenvalue weighted by Crippen LogP contribution is -2.51. The zero-order valence-corrected chi connectivity index (χ0v) is 13.8. The smallest absolute Gasteiger partial charge is 0.242 e. The van der Waals surface area contributed by atoms with Crippen LogP contribution in [0.4, 0.5) is 0 Å². The van der Waals surface area contributed by atoms with E-state index in [1.165, 1.54) is 0 Å². The van der Waals surface area contributed by atoms with E-state index in [2.05, 4.69) is 34.9 Å². The quantitative estimate of drug-likeness (QED) is 0.765. The van der Waals surface area contributed by atoms with Crippen LogP contribution in [0.2, 0.25) is 0 Å². The molecule has 0 aromatic heterocycles. The van der Waals surface area contributed by atoms with Gasteiger partial charge in [0, 0.05) is 0 Å². The van der Waals surface area contributed by atoms with Crippen molar-refractivity contribution in [3.63, 3.8) is 0 Å². The van der Waals surface area contributed by atoms with Crippen molar-refractivity contribution >= 4 is 5.91 Å². The average Bonchev–Trinajstić information content (AvgIpc) is 2.70. The van der Waals surface area contributed by atoms with Crippen molar-refractivity contribution in [1.82, 2.24) is 10.6 Å². The number of carbonyl (C=O) groups is 1. The standard InChI is InChI=1S/C22H20N2O/c25-22-21(18-14-8-3-9-15-18)23-19(16-10-4-1-5-11-16)20(24-22)17-12-6-2-7-13-17/h1-15,19-21,23H,(H,24,25). The molecule has 3 atom stereocenters. The van der Waals surface area contributed by atoms with E-state index < -0.39 is 0 Å². The molecule has 124 valence electrons. The molecule has 25 heavy (non-hydrogen) atoms. The van der Waals surface area contributed by atoms with Crippen molar-refractivity contribution in [2.45, 2.75) is 18.1 Å². The summed E-state index contributed by atoms with van der Waals surface area (Å²) in [6.07, 6.45) is 0. The molecule has 2 N–H and O–H groups in total. The summed E-state index contributed by atoms with van der Waals surface area (Å²) in [5.74, 6) is 0.00670. The summed E-state index contributed by atoms with van der Waals surface area (Å²) in [6, 6.07) is 29.8. The molecule has 0 saturated carbocycles. The number of benzene rings is 3. The third-order valence-electron chi connectivity index (χ3n) is 4.69. The van der Waals surface area contributed by atoms with Gasteiger partial charge in [0.1, 0.15) is 6.04 Å². The fraction of sp³-hybridized carbons (Fsp3) is 0.136. The van der Waals surface area contributed by atoms with Gasteiger partial charge in [0.2, 0.25) is 5.91 Å². The topological polar surface area (TPSA) is 41.1 Å². The summed E-state index contributed by atoms with van der Waals surface area (Å²) in [6.45, 7) is 0. The number of rotatable bonds is 3. The zero-order valence-electron chi connectivity index (χ0n) is 13.8. The molecular weight excluding hydrogens is 308 g/mol. The molecule has 0 aliphatic carbocycles. The van der Waals surface area contributed by atoms with Gasteiger partial charge in [0.25, 0.3) is 0 Å². The lowest BCUT2D eigenvalue weighted by molar-refractivity contribution is -0.126. The SMILES string of the molecule is O=C1NC(c2ccccc2)C(c2ccccc2)NC1c1ccccc1. The second kappa shape index (κ2) is 6.91. The zero-order chi connectivity index (χ0) is 17.1. The predicted molar refractivity (Wildman–Crippen MR) is 98.8 cm³/mol. The molecule has 1 aliphatic rings. The largest absolute Gasteiger partial charge is 0.346 e. The molecule has 1 saturated heterocycles. The minimum Gasteiger partial charge on any atom is -0.346 e. The van der Waals surface area contributed by atoms with Crippen LogP contribution < -0.4 is 10.6 Å². The summed E-state index contributed by atoms with van der Waals surface area (Å²) in [7, 11) is 0. The van der Waals surface area contributed by atoms with E-state index in [1.54, 1.807) is 0 Å². The van der Waals surface area contributed by atoms with Gasteiger partial charge in [-0.15, -0.1) is 0 Å². The Morgan fingerprint density at radius 1 is 0.560 bits per heavy atom. The second-order valence-corrected chi connectivity index (χ2v) is 6.30. The Labute approximate surface area is 147 Å². The Bertz CT molecular complexity index is 834. The molecular formula is C22H20N2O. The van der Waals surface area contributed by atoms with Gasteiger partial charge < -0.3 is 5.32 Å². The molecule has 3 unspecified atom stereocenters. The van der Waals surface area contributed by atoms with Crippen LogP contribution in [0, 0.1) is 0 Å². The molecule has 1 fully saturated rings. The molecule has 0 bridgehead atoms. The van der Waals surface area contributed by atoms with Crippen LogP contribution in [0.25, 0.3) is 0 Å². The monoisotopic (exact) mass is 328 g/mol. The highest BCUT2D eigenvalue weighted by Gasteiger charge is 2.37. The molecule has 1 aliphatic heterocycles. The van der Waals surface area contributed by atoms with Crippen molar-refractivity contribution in [3.8, 4) is 0 Å².